The largest absolute Gasteiger partial charge is 0.481 e. The highest BCUT2D eigenvalue weighted by atomic mass is 32.2. The number of hydrogen-bond donors (Lipinski definition) is 1. The standard InChI is InChI=1S/C14H27BO7S/c1-13(2)14(3,4)22-15(21-13)8-6-7-11(9-12(16)17)10-20-23(5,18)19/h11H,6-10H2,1-5H3,(H,16,17). The van der Waals surface area contributed by atoms with Crippen LogP contribution in [0.2, 0.25) is 6.32 Å². The molecule has 9 heteroatoms. The summed E-state index contributed by atoms with van der Waals surface area (Å²) in [6.45, 7) is 7.77. The van der Waals surface area contributed by atoms with Crippen LogP contribution in [0.25, 0.3) is 0 Å². The SMILES string of the molecule is CC1(C)OB(CCCC(COS(C)(=O)=O)CC(=O)O)OC1(C)C. The monoisotopic (exact) mass is 350 g/mol. The summed E-state index contributed by atoms with van der Waals surface area (Å²) in [5.41, 5.74) is -0.783. The van der Waals surface area contributed by atoms with Crippen LogP contribution in [0.4, 0.5) is 0 Å². The fraction of sp³-hybridized carbons (Fsp3) is 0.929. The number of aliphatic carboxylic acids is 1. The van der Waals surface area contributed by atoms with Gasteiger partial charge in [0.15, 0.2) is 0 Å². The van der Waals surface area contributed by atoms with Crippen LogP contribution in [-0.2, 0) is 28.4 Å². The van der Waals surface area contributed by atoms with Crippen LogP contribution in [0.5, 0.6) is 0 Å². The lowest BCUT2D eigenvalue weighted by Gasteiger charge is -2.32. The van der Waals surface area contributed by atoms with Crippen LogP contribution in [0.15, 0.2) is 0 Å². The fourth-order valence-corrected chi connectivity index (χ4v) is 2.81. The maximum Gasteiger partial charge on any atom is 0.457 e. The molecule has 1 heterocycles. The molecule has 0 aromatic rings. The summed E-state index contributed by atoms with van der Waals surface area (Å²) in [5.74, 6) is -1.33. The zero-order valence-corrected chi connectivity index (χ0v) is 15.3. The summed E-state index contributed by atoms with van der Waals surface area (Å²) in [7, 11) is -3.90. The highest BCUT2D eigenvalue weighted by Gasteiger charge is 2.50. The minimum atomic E-state index is -3.57. The van der Waals surface area contributed by atoms with Gasteiger partial charge in [-0.2, -0.15) is 8.42 Å². The van der Waals surface area contributed by atoms with E-state index < -0.39 is 27.3 Å². The summed E-state index contributed by atoms with van der Waals surface area (Å²) in [6.07, 6.45) is 2.66. The van der Waals surface area contributed by atoms with Crippen LogP contribution in [-0.4, -0.2) is 50.7 Å². The van der Waals surface area contributed by atoms with E-state index in [1.165, 1.54) is 0 Å². The molecule has 1 unspecified atom stereocenters. The van der Waals surface area contributed by atoms with Gasteiger partial charge < -0.3 is 14.4 Å². The normalized spacial score (nSPS) is 21.3. The average molecular weight is 350 g/mol. The first-order valence-electron chi connectivity index (χ1n) is 7.74. The Kier molecular flexibility index (Phi) is 6.66. The van der Waals surface area contributed by atoms with Crippen molar-refractivity contribution in [2.24, 2.45) is 5.92 Å². The molecule has 7 nitrogen and oxygen atoms in total. The molecule has 0 aliphatic carbocycles. The molecule has 0 aromatic carbocycles. The van der Waals surface area contributed by atoms with Crippen molar-refractivity contribution in [1.29, 1.82) is 0 Å². The van der Waals surface area contributed by atoms with E-state index >= 15 is 0 Å². The Morgan fingerprint density at radius 1 is 1.22 bits per heavy atom. The molecule has 0 amide bonds. The third kappa shape index (κ3) is 6.78. The Labute approximate surface area is 139 Å². The van der Waals surface area contributed by atoms with Crippen molar-refractivity contribution in [3.8, 4) is 0 Å². The van der Waals surface area contributed by atoms with Crippen molar-refractivity contribution >= 4 is 23.2 Å². The number of carboxylic acids is 1. The third-order valence-electron chi connectivity index (χ3n) is 4.34. The van der Waals surface area contributed by atoms with Gasteiger partial charge in [-0.15, -0.1) is 0 Å². The molecule has 1 fully saturated rings. The van der Waals surface area contributed by atoms with Crippen molar-refractivity contribution in [2.75, 3.05) is 12.9 Å². The summed E-state index contributed by atoms with van der Waals surface area (Å²) in [5, 5.41) is 8.91. The molecule has 1 aliphatic rings. The van der Waals surface area contributed by atoms with E-state index in [2.05, 4.69) is 0 Å². The molecular formula is C14H27BO7S. The number of hydrogen-bond acceptors (Lipinski definition) is 6. The first-order valence-corrected chi connectivity index (χ1v) is 9.56. The van der Waals surface area contributed by atoms with Crippen LogP contribution in [0.3, 0.4) is 0 Å². The minimum Gasteiger partial charge on any atom is -0.481 e. The average Bonchev–Trinajstić information content (AvgIpc) is 2.53. The van der Waals surface area contributed by atoms with Crippen LogP contribution in [0, 0.1) is 5.92 Å². The fourth-order valence-electron chi connectivity index (χ4n) is 2.37. The first kappa shape index (κ1) is 20.4. The molecule has 1 atom stereocenters. The summed E-state index contributed by atoms with van der Waals surface area (Å²) in [6, 6.07) is 0. The molecule has 0 spiro atoms. The lowest BCUT2D eigenvalue weighted by atomic mass is 9.81. The summed E-state index contributed by atoms with van der Waals surface area (Å²) >= 11 is 0. The van der Waals surface area contributed by atoms with Crippen LogP contribution >= 0.6 is 0 Å². The smallest absolute Gasteiger partial charge is 0.457 e. The molecule has 1 saturated heterocycles. The van der Waals surface area contributed by atoms with Crippen LogP contribution in [0.1, 0.15) is 47.0 Å². The first-order chi connectivity index (χ1) is 10.3. The van der Waals surface area contributed by atoms with Gasteiger partial charge in [-0.1, -0.05) is 6.42 Å². The van der Waals surface area contributed by atoms with Gasteiger partial charge in [0.25, 0.3) is 10.1 Å². The van der Waals surface area contributed by atoms with E-state index in [4.69, 9.17) is 18.6 Å². The molecule has 1 rings (SSSR count). The highest BCUT2D eigenvalue weighted by molar-refractivity contribution is 7.85. The topological polar surface area (TPSA) is 99.1 Å². The molecule has 23 heavy (non-hydrogen) atoms. The van der Waals surface area contributed by atoms with E-state index in [9.17, 15) is 13.2 Å². The number of rotatable bonds is 9. The highest BCUT2D eigenvalue weighted by Crippen LogP contribution is 2.38. The maximum atomic E-state index is 11.0. The quantitative estimate of drug-likeness (QED) is 0.501. The molecule has 0 radical (unpaired) electrons. The van der Waals surface area contributed by atoms with Gasteiger partial charge in [-0.3, -0.25) is 8.98 Å². The lowest BCUT2D eigenvalue weighted by molar-refractivity contribution is -0.138. The number of carboxylic acid groups (broad SMARTS) is 1. The van der Waals surface area contributed by atoms with Gasteiger partial charge in [0, 0.05) is 0 Å². The Hall–Kier alpha value is -0.635. The van der Waals surface area contributed by atoms with Gasteiger partial charge in [-0.05, 0) is 46.4 Å². The van der Waals surface area contributed by atoms with Crippen LogP contribution < -0.4 is 0 Å². The second-order valence-electron chi connectivity index (χ2n) is 7.07. The predicted molar refractivity (Wildman–Crippen MR) is 86.7 cm³/mol. The third-order valence-corrected chi connectivity index (χ3v) is 4.90. The Bertz CT molecular complexity index is 499. The van der Waals surface area contributed by atoms with Crippen molar-refractivity contribution in [3.05, 3.63) is 0 Å². The van der Waals surface area contributed by atoms with Crippen molar-refractivity contribution in [2.45, 2.75) is 64.5 Å². The Morgan fingerprint density at radius 2 is 1.74 bits per heavy atom. The number of carbonyl (C=O) groups is 1. The van der Waals surface area contributed by atoms with E-state index in [0.29, 0.717) is 19.2 Å². The molecule has 1 N–H and O–H groups in total. The van der Waals surface area contributed by atoms with E-state index in [-0.39, 0.29) is 26.1 Å². The molecule has 134 valence electrons. The van der Waals surface area contributed by atoms with Gasteiger partial charge >= 0.3 is 13.1 Å². The van der Waals surface area contributed by atoms with E-state index in [0.717, 1.165) is 6.26 Å². The van der Waals surface area contributed by atoms with Crippen molar-refractivity contribution in [3.63, 3.8) is 0 Å². The van der Waals surface area contributed by atoms with Gasteiger partial charge in [0.05, 0.1) is 30.5 Å². The van der Waals surface area contributed by atoms with Crippen molar-refractivity contribution < 1.29 is 31.8 Å². The zero-order valence-electron chi connectivity index (χ0n) is 14.5. The van der Waals surface area contributed by atoms with Gasteiger partial charge in [0.1, 0.15) is 0 Å². The van der Waals surface area contributed by atoms with E-state index in [1.54, 1.807) is 0 Å². The summed E-state index contributed by atoms with van der Waals surface area (Å²) in [4.78, 5) is 10.9. The molecular weight excluding hydrogens is 323 g/mol. The predicted octanol–water partition coefficient (Wildman–Crippen LogP) is 1.93. The molecule has 0 aromatic heterocycles. The Morgan fingerprint density at radius 3 is 2.17 bits per heavy atom. The summed E-state index contributed by atoms with van der Waals surface area (Å²) < 4.78 is 38.6. The molecule has 1 aliphatic heterocycles. The van der Waals surface area contributed by atoms with Gasteiger partial charge in [0.2, 0.25) is 0 Å². The van der Waals surface area contributed by atoms with E-state index in [1.807, 2.05) is 27.7 Å². The van der Waals surface area contributed by atoms with Crippen molar-refractivity contribution in [1.82, 2.24) is 0 Å². The van der Waals surface area contributed by atoms with Gasteiger partial charge in [-0.25, -0.2) is 0 Å². The molecule has 0 saturated carbocycles. The minimum absolute atomic E-state index is 0.117. The maximum absolute atomic E-state index is 11.0. The zero-order chi connectivity index (χ0) is 17.9. The second kappa shape index (κ2) is 7.50. The lowest BCUT2D eigenvalue weighted by Crippen LogP contribution is -2.41. The second-order valence-corrected chi connectivity index (χ2v) is 8.71. The molecule has 0 bridgehead atoms. The Balaban J connectivity index is 2.45.